The lowest BCUT2D eigenvalue weighted by atomic mass is 9.97. The number of hydrogen-bond acceptors (Lipinski definition) is 5. The smallest absolute Gasteiger partial charge is 0.433 e. The van der Waals surface area contributed by atoms with Crippen molar-refractivity contribution in [1.29, 1.82) is 0 Å². The number of carbonyl (C=O) groups is 1. The van der Waals surface area contributed by atoms with Crippen LogP contribution in [0.2, 0.25) is 0 Å². The normalized spacial score (nSPS) is 11.8. The second-order valence-corrected chi connectivity index (χ2v) is 7.10. The maximum absolute atomic E-state index is 13.4. The Morgan fingerprint density at radius 3 is 2.52 bits per heavy atom. The molecule has 0 aliphatic rings. The number of nitrogen functional groups attached to an aromatic ring is 1. The first-order valence-electron chi connectivity index (χ1n) is 8.18. The number of alkyl halides is 3. The van der Waals surface area contributed by atoms with Crippen molar-refractivity contribution in [2.75, 3.05) is 12.3 Å². The number of thiophene rings is 1. The van der Waals surface area contributed by atoms with Gasteiger partial charge in [0.2, 0.25) is 0 Å². The molecular weight excluding hydrogens is 377 g/mol. The fraction of sp³-hybridized carbons (Fsp3) is 0.263. The van der Waals surface area contributed by atoms with Gasteiger partial charge >= 0.3 is 12.1 Å². The van der Waals surface area contributed by atoms with Gasteiger partial charge in [-0.05, 0) is 49.1 Å². The monoisotopic (exact) mass is 394 g/mol. The quantitative estimate of drug-likeness (QED) is 0.608. The van der Waals surface area contributed by atoms with Crippen molar-refractivity contribution in [3.63, 3.8) is 0 Å². The van der Waals surface area contributed by atoms with Crippen LogP contribution in [-0.2, 0) is 10.9 Å². The summed E-state index contributed by atoms with van der Waals surface area (Å²) in [6, 6.07) is 6.34. The van der Waals surface area contributed by atoms with E-state index in [1.165, 1.54) is 0 Å². The van der Waals surface area contributed by atoms with Gasteiger partial charge in [-0.3, -0.25) is 0 Å². The van der Waals surface area contributed by atoms with Crippen LogP contribution < -0.4 is 5.73 Å². The number of fused-ring (bicyclic) bond motifs is 1. The number of nitrogens with zero attached hydrogens (tertiary/aromatic N) is 1. The standard InChI is InChI=1S/C19H17F3N2O2S/c1-4-26-18(25)16-15(23)14-12(11-6-5-9(2)10(3)7-11)8-13(19(20,21)22)24-17(14)27-16/h5-8H,4,23H2,1-3H3. The number of anilines is 1. The van der Waals surface area contributed by atoms with E-state index in [1.807, 2.05) is 19.9 Å². The van der Waals surface area contributed by atoms with Gasteiger partial charge < -0.3 is 10.5 Å². The first-order chi connectivity index (χ1) is 12.6. The lowest BCUT2D eigenvalue weighted by Crippen LogP contribution is -2.08. The Morgan fingerprint density at radius 2 is 1.93 bits per heavy atom. The van der Waals surface area contributed by atoms with Gasteiger partial charge in [-0.25, -0.2) is 9.78 Å². The van der Waals surface area contributed by atoms with Gasteiger partial charge in [-0.15, -0.1) is 11.3 Å². The molecule has 2 heterocycles. The van der Waals surface area contributed by atoms with Crippen molar-refractivity contribution in [3.8, 4) is 11.1 Å². The maximum Gasteiger partial charge on any atom is 0.433 e. The summed E-state index contributed by atoms with van der Waals surface area (Å²) in [7, 11) is 0. The zero-order chi connectivity index (χ0) is 19.9. The fourth-order valence-corrected chi connectivity index (χ4v) is 3.76. The summed E-state index contributed by atoms with van der Waals surface area (Å²) in [5.41, 5.74) is 8.01. The van der Waals surface area contributed by atoms with Gasteiger partial charge in [0.05, 0.1) is 12.3 Å². The average Bonchev–Trinajstić information content (AvgIpc) is 2.93. The molecule has 0 fully saturated rings. The molecule has 2 aromatic heterocycles. The predicted molar refractivity (Wildman–Crippen MR) is 99.9 cm³/mol. The zero-order valence-corrected chi connectivity index (χ0v) is 15.7. The molecule has 0 saturated carbocycles. The molecule has 4 nitrogen and oxygen atoms in total. The van der Waals surface area contributed by atoms with E-state index in [0.717, 1.165) is 28.5 Å². The summed E-state index contributed by atoms with van der Waals surface area (Å²) in [4.78, 5) is 15.9. The maximum atomic E-state index is 13.4. The minimum Gasteiger partial charge on any atom is -0.462 e. The van der Waals surface area contributed by atoms with Crippen LogP contribution in [-0.4, -0.2) is 17.6 Å². The van der Waals surface area contributed by atoms with Crippen molar-refractivity contribution in [1.82, 2.24) is 4.98 Å². The van der Waals surface area contributed by atoms with Crippen molar-refractivity contribution >= 4 is 33.2 Å². The van der Waals surface area contributed by atoms with Crippen LogP contribution in [0.4, 0.5) is 18.9 Å². The number of aryl methyl sites for hydroxylation is 2. The molecule has 0 aliphatic heterocycles. The Labute approximate surface area is 157 Å². The minimum atomic E-state index is -4.62. The largest absolute Gasteiger partial charge is 0.462 e. The summed E-state index contributed by atoms with van der Waals surface area (Å²) < 4.78 is 45.0. The fourth-order valence-electron chi connectivity index (χ4n) is 2.75. The number of aromatic nitrogens is 1. The van der Waals surface area contributed by atoms with E-state index in [2.05, 4.69) is 4.98 Å². The van der Waals surface area contributed by atoms with Crippen LogP contribution in [0.25, 0.3) is 21.3 Å². The number of hydrogen-bond donors (Lipinski definition) is 1. The molecule has 3 rings (SSSR count). The van der Waals surface area contributed by atoms with Gasteiger partial charge in [0, 0.05) is 5.39 Å². The van der Waals surface area contributed by atoms with E-state index in [0.29, 0.717) is 16.5 Å². The number of ether oxygens (including phenoxy) is 1. The number of benzene rings is 1. The number of esters is 1. The summed E-state index contributed by atoms with van der Waals surface area (Å²) in [6.45, 7) is 5.57. The summed E-state index contributed by atoms with van der Waals surface area (Å²) in [5.74, 6) is -0.669. The highest BCUT2D eigenvalue weighted by molar-refractivity contribution is 7.21. The topological polar surface area (TPSA) is 65.2 Å². The average molecular weight is 394 g/mol. The highest BCUT2D eigenvalue weighted by Crippen LogP contribution is 2.42. The van der Waals surface area contributed by atoms with E-state index in [1.54, 1.807) is 19.1 Å². The molecule has 2 N–H and O–H groups in total. The summed E-state index contributed by atoms with van der Waals surface area (Å²) in [6.07, 6.45) is -4.62. The van der Waals surface area contributed by atoms with Crippen LogP contribution in [0.5, 0.6) is 0 Å². The van der Waals surface area contributed by atoms with E-state index in [-0.39, 0.29) is 22.0 Å². The van der Waals surface area contributed by atoms with Gasteiger partial charge in [0.15, 0.2) is 0 Å². The first kappa shape index (κ1) is 19.2. The van der Waals surface area contributed by atoms with Crippen LogP contribution in [0.3, 0.4) is 0 Å². The molecular formula is C19H17F3N2O2S. The molecule has 142 valence electrons. The Morgan fingerprint density at radius 1 is 1.22 bits per heavy atom. The molecule has 3 aromatic rings. The zero-order valence-electron chi connectivity index (χ0n) is 14.9. The van der Waals surface area contributed by atoms with Crippen molar-refractivity contribution in [2.24, 2.45) is 0 Å². The minimum absolute atomic E-state index is 0.0543. The van der Waals surface area contributed by atoms with Crippen LogP contribution in [0.15, 0.2) is 24.3 Å². The molecule has 0 bridgehead atoms. The van der Waals surface area contributed by atoms with E-state index in [9.17, 15) is 18.0 Å². The molecule has 0 atom stereocenters. The number of pyridine rings is 1. The molecule has 0 unspecified atom stereocenters. The van der Waals surface area contributed by atoms with E-state index < -0.39 is 17.8 Å². The second kappa shape index (κ2) is 6.84. The van der Waals surface area contributed by atoms with Crippen molar-refractivity contribution in [3.05, 3.63) is 46.0 Å². The predicted octanol–water partition coefficient (Wildman–Crippen LogP) is 5.36. The Balaban J connectivity index is 2.35. The number of carbonyl (C=O) groups excluding carboxylic acids is 1. The molecule has 8 heteroatoms. The molecule has 1 aromatic carbocycles. The van der Waals surface area contributed by atoms with Crippen LogP contribution >= 0.6 is 11.3 Å². The Hall–Kier alpha value is -2.61. The molecule has 0 saturated heterocycles. The van der Waals surface area contributed by atoms with Crippen molar-refractivity contribution in [2.45, 2.75) is 26.9 Å². The van der Waals surface area contributed by atoms with Gasteiger partial charge in [-0.2, -0.15) is 13.2 Å². The lowest BCUT2D eigenvalue weighted by Gasteiger charge is -2.12. The lowest BCUT2D eigenvalue weighted by molar-refractivity contribution is -0.140. The highest BCUT2D eigenvalue weighted by Gasteiger charge is 2.35. The Bertz CT molecular complexity index is 1040. The number of rotatable bonds is 3. The van der Waals surface area contributed by atoms with Gasteiger partial charge in [0.1, 0.15) is 15.4 Å². The van der Waals surface area contributed by atoms with Gasteiger partial charge in [-0.1, -0.05) is 18.2 Å². The third kappa shape index (κ3) is 3.49. The van der Waals surface area contributed by atoms with E-state index in [4.69, 9.17) is 10.5 Å². The van der Waals surface area contributed by atoms with Crippen molar-refractivity contribution < 1.29 is 22.7 Å². The third-order valence-corrected chi connectivity index (χ3v) is 5.35. The number of halogens is 3. The second-order valence-electron chi connectivity index (χ2n) is 6.10. The van der Waals surface area contributed by atoms with E-state index >= 15 is 0 Å². The third-order valence-electron chi connectivity index (χ3n) is 4.27. The highest BCUT2D eigenvalue weighted by atomic mass is 32.1. The molecule has 0 amide bonds. The molecule has 0 radical (unpaired) electrons. The first-order valence-corrected chi connectivity index (χ1v) is 9.00. The summed E-state index contributed by atoms with van der Waals surface area (Å²) >= 11 is 0.808. The molecule has 0 spiro atoms. The SMILES string of the molecule is CCOC(=O)c1sc2nc(C(F)(F)F)cc(-c3ccc(C)c(C)c3)c2c1N. The van der Waals surface area contributed by atoms with Crippen LogP contribution in [0.1, 0.15) is 33.4 Å². The molecule has 27 heavy (non-hydrogen) atoms. The van der Waals surface area contributed by atoms with Crippen LogP contribution in [0, 0.1) is 13.8 Å². The molecule has 0 aliphatic carbocycles. The van der Waals surface area contributed by atoms with Gasteiger partial charge in [0.25, 0.3) is 0 Å². The summed E-state index contributed by atoms with van der Waals surface area (Å²) in [5, 5.41) is 0.333. The Kier molecular flexibility index (Phi) is 4.86. The number of nitrogens with two attached hydrogens (primary N) is 1.